The van der Waals surface area contributed by atoms with Crippen molar-refractivity contribution in [3.63, 3.8) is 0 Å². The van der Waals surface area contributed by atoms with Crippen LogP contribution in [0.5, 0.6) is 5.75 Å². The predicted octanol–water partition coefficient (Wildman–Crippen LogP) is 3.68. The van der Waals surface area contributed by atoms with Gasteiger partial charge >= 0.3 is 0 Å². The molecule has 0 saturated heterocycles. The molecule has 2 N–H and O–H groups in total. The van der Waals surface area contributed by atoms with Gasteiger partial charge in [-0.3, -0.25) is 0 Å². The maximum Gasteiger partial charge on any atom is 0.272 e. The lowest BCUT2D eigenvalue weighted by molar-refractivity contribution is 0.0818. The van der Waals surface area contributed by atoms with Crippen molar-refractivity contribution in [3.8, 4) is 5.75 Å². The third-order valence-electron chi connectivity index (χ3n) is 3.53. The van der Waals surface area contributed by atoms with Crippen LogP contribution in [0.4, 0.5) is 8.78 Å². The van der Waals surface area contributed by atoms with E-state index in [1.165, 1.54) is 0 Å². The van der Waals surface area contributed by atoms with Crippen LogP contribution in [-0.2, 0) is 13.0 Å². The zero-order chi connectivity index (χ0) is 19.5. The van der Waals surface area contributed by atoms with E-state index in [-0.39, 0.29) is 0 Å². The van der Waals surface area contributed by atoms with Gasteiger partial charge in [-0.25, -0.2) is 18.8 Å². The average molecular weight is 397 g/mol. The average Bonchev–Trinajstić information content (AvgIpc) is 2.66. The van der Waals surface area contributed by atoms with Crippen LogP contribution in [0.1, 0.15) is 18.1 Å². The van der Waals surface area contributed by atoms with Crippen LogP contribution in [0.2, 0.25) is 5.15 Å². The maximum absolute atomic E-state index is 12.2. The number of aromatic nitrogens is 1. The van der Waals surface area contributed by atoms with Crippen molar-refractivity contribution < 1.29 is 13.5 Å². The Morgan fingerprint density at radius 3 is 2.78 bits per heavy atom. The first-order valence-corrected chi connectivity index (χ1v) is 9.07. The van der Waals surface area contributed by atoms with Crippen LogP contribution in [0, 0.1) is 0 Å². The quantitative estimate of drug-likeness (QED) is 0.385. The fourth-order valence-corrected chi connectivity index (χ4v) is 2.40. The fraction of sp³-hybridized carbons (Fsp3) is 0.368. The van der Waals surface area contributed by atoms with E-state index in [1.807, 2.05) is 19.1 Å². The molecule has 0 aliphatic rings. The lowest BCUT2D eigenvalue weighted by atomic mass is 10.2. The molecule has 5 nitrogen and oxygen atoms in total. The molecule has 0 unspecified atom stereocenters. The summed E-state index contributed by atoms with van der Waals surface area (Å²) in [5.74, 6) is 1.09. The Morgan fingerprint density at radius 1 is 1.22 bits per heavy atom. The van der Waals surface area contributed by atoms with Gasteiger partial charge < -0.3 is 15.4 Å². The summed E-state index contributed by atoms with van der Waals surface area (Å²) >= 11 is 5.78. The minimum absolute atomic E-state index is 0.406. The molecule has 0 fully saturated rings. The van der Waals surface area contributed by atoms with E-state index >= 15 is 0 Å². The zero-order valence-corrected chi connectivity index (χ0v) is 15.8. The van der Waals surface area contributed by atoms with E-state index in [0.717, 1.165) is 24.1 Å². The van der Waals surface area contributed by atoms with Gasteiger partial charge in [0.25, 0.3) is 6.43 Å². The summed E-state index contributed by atoms with van der Waals surface area (Å²) in [6.07, 6.45) is 0.0388. The van der Waals surface area contributed by atoms with Crippen molar-refractivity contribution in [2.24, 2.45) is 4.99 Å². The summed E-state index contributed by atoms with van der Waals surface area (Å²) in [5.41, 5.74) is 1.95. The van der Waals surface area contributed by atoms with E-state index in [1.54, 1.807) is 30.5 Å². The van der Waals surface area contributed by atoms with Gasteiger partial charge in [0.05, 0.1) is 6.54 Å². The van der Waals surface area contributed by atoms with Crippen LogP contribution >= 0.6 is 11.6 Å². The maximum atomic E-state index is 12.2. The summed E-state index contributed by atoms with van der Waals surface area (Å²) in [5, 5.41) is 6.90. The molecule has 1 aromatic carbocycles. The normalized spacial score (nSPS) is 11.5. The number of pyridine rings is 1. The van der Waals surface area contributed by atoms with E-state index in [4.69, 9.17) is 16.3 Å². The van der Waals surface area contributed by atoms with Crippen molar-refractivity contribution in [1.82, 2.24) is 15.6 Å². The molecule has 0 aliphatic carbocycles. The first-order valence-electron chi connectivity index (χ1n) is 8.69. The number of rotatable bonds is 9. The van der Waals surface area contributed by atoms with Crippen LogP contribution < -0.4 is 15.4 Å². The topological polar surface area (TPSA) is 58.5 Å². The van der Waals surface area contributed by atoms with Crippen molar-refractivity contribution in [3.05, 3.63) is 58.9 Å². The number of hydrogen-bond donors (Lipinski definition) is 2. The molecule has 146 valence electrons. The first-order chi connectivity index (χ1) is 13.1. The van der Waals surface area contributed by atoms with Crippen molar-refractivity contribution in [1.29, 1.82) is 0 Å². The van der Waals surface area contributed by atoms with Gasteiger partial charge in [-0.1, -0.05) is 29.8 Å². The van der Waals surface area contributed by atoms with Gasteiger partial charge in [-0.2, -0.15) is 0 Å². The smallest absolute Gasteiger partial charge is 0.272 e. The minimum Gasteiger partial charge on any atom is -0.488 e. The number of nitrogens with one attached hydrogen (secondary N) is 2. The summed E-state index contributed by atoms with van der Waals surface area (Å²) in [7, 11) is 0. The standard InChI is InChI=1S/C19H23ClF2N4O/c1-2-23-19(24-9-8-14-6-7-17(20)25-11-14)26-12-15-4-3-5-16(10-15)27-13-18(21)22/h3-7,10-11,18H,2,8-9,12-13H2,1H3,(H2,23,24,26). The highest BCUT2D eigenvalue weighted by Crippen LogP contribution is 2.15. The van der Waals surface area contributed by atoms with Crippen LogP contribution in [0.15, 0.2) is 47.6 Å². The van der Waals surface area contributed by atoms with Gasteiger partial charge in [-0.15, -0.1) is 0 Å². The summed E-state index contributed by atoms with van der Waals surface area (Å²) in [6, 6.07) is 10.7. The third-order valence-corrected chi connectivity index (χ3v) is 3.76. The number of halogens is 3. The lowest BCUT2D eigenvalue weighted by Crippen LogP contribution is -2.38. The molecule has 27 heavy (non-hydrogen) atoms. The third kappa shape index (κ3) is 8.21. The minimum atomic E-state index is -2.49. The molecule has 0 saturated carbocycles. The second kappa shape index (κ2) is 11.3. The van der Waals surface area contributed by atoms with Crippen LogP contribution in [0.3, 0.4) is 0 Å². The van der Waals surface area contributed by atoms with E-state index < -0.39 is 13.0 Å². The number of guanidine groups is 1. The van der Waals surface area contributed by atoms with E-state index in [9.17, 15) is 8.78 Å². The van der Waals surface area contributed by atoms with Gasteiger partial charge in [0.1, 0.15) is 17.5 Å². The second-order valence-corrected chi connectivity index (χ2v) is 6.10. The SMILES string of the molecule is CCNC(=NCc1cccc(OCC(F)F)c1)NCCc1ccc(Cl)nc1. The Kier molecular flexibility index (Phi) is 8.77. The zero-order valence-electron chi connectivity index (χ0n) is 15.1. The monoisotopic (exact) mass is 396 g/mol. The first kappa shape index (κ1) is 20.9. The van der Waals surface area contributed by atoms with Gasteiger partial charge in [0.2, 0.25) is 0 Å². The van der Waals surface area contributed by atoms with Crippen LogP contribution in [-0.4, -0.2) is 37.1 Å². The van der Waals surface area contributed by atoms with Crippen molar-refractivity contribution >= 4 is 17.6 Å². The van der Waals surface area contributed by atoms with Crippen molar-refractivity contribution in [2.45, 2.75) is 26.3 Å². The predicted molar refractivity (Wildman–Crippen MR) is 104 cm³/mol. The number of alkyl halides is 2. The summed E-state index contributed by atoms with van der Waals surface area (Å²) < 4.78 is 29.5. The molecule has 0 atom stereocenters. The summed E-state index contributed by atoms with van der Waals surface area (Å²) in [4.78, 5) is 8.58. The van der Waals surface area contributed by atoms with Gasteiger partial charge in [0, 0.05) is 19.3 Å². The Bertz CT molecular complexity index is 726. The highest BCUT2D eigenvalue weighted by molar-refractivity contribution is 6.29. The Balaban J connectivity index is 1.88. The largest absolute Gasteiger partial charge is 0.488 e. The van der Waals surface area contributed by atoms with Gasteiger partial charge in [0.15, 0.2) is 5.96 Å². The number of aliphatic imine (C=N–C) groups is 1. The molecule has 0 amide bonds. The highest BCUT2D eigenvalue weighted by Gasteiger charge is 2.04. The second-order valence-electron chi connectivity index (χ2n) is 5.71. The molecule has 2 aromatic rings. The van der Waals surface area contributed by atoms with Crippen molar-refractivity contribution in [2.75, 3.05) is 19.7 Å². The molecule has 0 spiro atoms. The molecule has 0 aliphatic heterocycles. The molecule has 1 heterocycles. The van der Waals surface area contributed by atoms with Crippen LogP contribution in [0.25, 0.3) is 0 Å². The molecular weight excluding hydrogens is 374 g/mol. The Morgan fingerprint density at radius 2 is 2.07 bits per heavy atom. The highest BCUT2D eigenvalue weighted by atomic mass is 35.5. The van der Waals surface area contributed by atoms with E-state index in [0.29, 0.717) is 30.0 Å². The molecule has 8 heteroatoms. The molecule has 2 rings (SSSR count). The fourth-order valence-electron chi connectivity index (χ4n) is 2.28. The summed E-state index contributed by atoms with van der Waals surface area (Å²) in [6.45, 7) is 3.19. The molecule has 1 aromatic heterocycles. The van der Waals surface area contributed by atoms with Gasteiger partial charge in [-0.05, 0) is 42.7 Å². The molecule has 0 radical (unpaired) electrons. The number of ether oxygens (including phenoxy) is 1. The number of benzene rings is 1. The molecular formula is C19H23ClF2N4O. The number of hydrogen-bond acceptors (Lipinski definition) is 3. The Labute approximate surface area is 162 Å². The van der Waals surface area contributed by atoms with E-state index in [2.05, 4.69) is 20.6 Å². The molecule has 0 bridgehead atoms. The number of nitrogens with zero attached hydrogens (tertiary/aromatic N) is 2. The Hall–Kier alpha value is -2.41. The lowest BCUT2D eigenvalue weighted by Gasteiger charge is -2.12.